The number of aromatic nitrogens is 3. The van der Waals surface area contributed by atoms with Gasteiger partial charge in [-0.2, -0.15) is 0 Å². The largest absolute Gasteiger partial charge is 0.505 e. The van der Waals surface area contributed by atoms with Crippen LogP contribution in [0.2, 0.25) is 0 Å². The maximum absolute atomic E-state index is 10.1. The van der Waals surface area contributed by atoms with Crippen molar-refractivity contribution in [1.29, 1.82) is 0 Å². The number of rotatable bonds is 4. The molecule has 1 atom stereocenters. The second-order valence-electron chi connectivity index (χ2n) is 4.90. The van der Waals surface area contributed by atoms with Gasteiger partial charge in [0.05, 0.1) is 6.61 Å². The molecule has 0 spiro atoms. The first-order valence-electron chi connectivity index (χ1n) is 6.69. The van der Waals surface area contributed by atoms with Crippen molar-refractivity contribution < 1.29 is 14.6 Å². The van der Waals surface area contributed by atoms with Gasteiger partial charge in [-0.05, 0) is 24.3 Å². The number of aromatic hydroxyl groups is 1. The van der Waals surface area contributed by atoms with Gasteiger partial charge in [0.25, 0.3) is 0 Å². The first-order valence-corrected chi connectivity index (χ1v) is 6.69. The fraction of sp³-hybridized carbons (Fsp3) is 0.200. The summed E-state index contributed by atoms with van der Waals surface area (Å²) < 4.78 is 10.6. The minimum atomic E-state index is 0.0736. The number of epoxide rings is 1. The SMILES string of the molecule is Oc1cc(OCC2CO2)ccc1-n1nc2ccccc2n1. The van der Waals surface area contributed by atoms with E-state index in [-0.39, 0.29) is 11.9 Å². The summed E-state index contributed by atoms with van der Waals surface area (Å²) in [4.78, 5) is 1.42. The normalized spacial score (nSPS) is 17.0. The molecule has 0 amide bonds. The van der Waals surface area contributed by atoms with Crippen LogP contribution in [0.25, 0.3) is 16.7 Å². The molecule has 4 rings (SSSR count). The number of phenols is 1. The van der Waals surface area contributed by atoms with E-state index in [9.17, 15) is 5.11 Å². The van der Waals surface area contributed by atoms with Gasteiger partial charge < -0.3 is 14.6 Å². The van der Waals surface area contributed by atoms with Gasteiger partial charge in [0.15, 0.2) is 0 Å². The number of ether oxygens (including phenoxy) is 2. The van der Waals surface area contributed by atoms with Crippen molar-refractivity contribution in [2.24, 2.45) is 0 Å². The molecule has 6 nitrogen and oxygen atoms in total. The minimum Gasteiger partial charge on any atom is -0.505 e. The lowest BCUT2D eigenvalue weighted by molar-refractivity contribution is 0.262. The number of hydrogen-bond acceptors (Lipinski definition) is 5. The van der Waals surface area contributed by atoms with Crippen molar-refractivity contribution in [2.75, 3.05) is 13.2 Å². The Morgan fingerprint density at radius 3 is 2.52 bits per heavy atom. The van der Waals surface area contributed by atoms with E-state index in [2.05, 4.69) is 10.2 Å². The fourth-order valence-electron chi connectivity index (χ4n) is 2.08. The van der Waals surface area contributed by atoms with Crippen LogP contribution >= 0.6 is 0 Å². The maximum Gasteiger partial charge on any atom is 0.146 e. The third kappa shape index (κ3) is 2.41. The van der Waals surface area contributed by atoms with Crippen molar-refractivity contribution in [1.82, 2.24) is 15.0 Å². The van der Waals surface area contributed by atoms with Gasteiger partial charge in [-0.3, -0.25) is 0 Å². The summed E-state index contributed by atoms with van der Waals surface area (Å²) in [6.07, 6.45) is 0.185. The second-order valence-corrected chi connectivity index (χ2v) is 4.90. The van der Waals surface area contributed by atoms with Gasteiger partial charge in [-0.25, -0.2) is 0 Å². The van der Waals surface area contributed by atoms with E-state index in [1.54, 1.807) is 18.2 Å². The lowest BCUT2D eigenvalue weighted by atomic mass is 10.3. The number of nitrogens with zero attached hydrogens (tertiary/aromatic N) is 3. The second kappa shape index (κ2) is 4.75. The highest BCUT2D eigenvalue weighted by Crippen LogP contribution is 2.27. The van der Waals surface area contributed by atoms with Gasteiger partial charge >= 0.3 is 0 Å². The lowest BCUT2D eigenvalue weighted by Gasteiger charge is -2.07. The molecule has 0 saturated carbocycles. The number of phenolic OH excluding ortho intramolecular Hbond substituents is 1. The summed E-state index contributed by atoms with van der Waals surface area (Å²) in [5.74, 6) is 0.674. The average molecular weight is 283 g/mol. The molecule has 2 heterocycles. The molecule has 3 aromatic rings. The summed E-state index contributed by atoms with van der Waals surface area (Å²) >= 11 is 0. The standard InChI is InChI=1S/C15H13N3O3/c19-15-7-10(20-8-11-9-21-11)5-6-14(15)18-16-12-3-1-2-4-13(12)17-18/h1-7,11,19H,8-9H2. The molecule has 6 heteroatoms. The number of fused-ring (bicyclic) bond motifs is 1. The van der Waals surface area contributed by atoms with Crippen LogP contribution in [-0.4, -0.2) is 39.4 Å². The number of benzene rings is 2. The van der Waals surface area contributed by atoms with Crippen molar-refractivity contribution >= 4 is 11.0 Å². The Morgan fingerprint density at radius 1 is 1.19 bits per heavy atom. The van der Waals surface area contributed by atoms with Crippen LogP contribution in [0.1, 0.15) is 0 Å². The third-order valence-corrected chi connectivity index (χ3v) is 3.29. The summed E-state index contributed by atoms with van der Waals surface area (Å²) in [6.45, 7) is 1.25. The van der Waals surface area contributed by atoms with Gasteiger partial charge in [0.2, 0.25) is 0 Å². The van der Waals surface area contributed by atoms with Crippen LogP contribution in [0.3, 0.4) is 0 Å². The van der Waals surface area contributed by atoms with Crippen molar-refractivity contribution in [2.45, 2.75) is 6.10 Å². The third-order valence-electron chi connectivity index (χ3n) is 3.29. The lowest BCUT2D eigenvalue weighted by Crippen LogP contribution is -2.04. The van der Waals surface area contributed by atoms with Crippen LogP contribution in [0.5, 0.6) is 11.5 Å². The van der Waals surface area contributed by atoms with Gasteiger partial charge in [-0.15, -0.1) is 15.0 Å². The molecule has 2 aromatic carbocycles. The molecule has 1 aromatic heterocycles. The van der Waals surface area contributed by atoms with Gasteiger partial charge in [-0.1, -0.05) is 12.1 Å². The van der Waals surface area contributed by atoms with Crippen molar-refractivity contribution in [3.8, 4) is 17.2 Å². The first kappa shape index (κ1) is 12.2. The topological polar surface area (TPSA) is 72.7 Å². The zero-order valence-electron chi connectivity index (χ0n) is 11.1. The molecule has 1 aliphatic rings. The van der Waals surface area contributed by atoms with E-state index in [1.165, 1.54) is 4.80 Å². The van der Waals surface area contributed by atoms with Gasteiger partial charge in [0, 0.05) is 6.07 Å². The zero-order chi connectivity index (χ0) is 14.2. The summed E-state index contributed by atoms with van der Waals surface area (Å²) in [7, 11) is 0. The van der Waals surface area contributed by atoms with Crippen LogP contribution in [0.4, 0.5) is 0 Å². The molecule has 0 radical (unpaired) electrons. The highest BCUT2D eigenvalue weighted by atomic mass is 16.6. The molecular weight excluding hydrogens is 270 g/mol. The quantitative estimate of drug-likeness (QED) is 0.740. The van der Waals surface area contributed by atoms with Crippen LogP contribution < -0.4 is 4.74 Å². The molecule has 1 saturated heterocycles. The summed E-state index contributed by atoms with van der Waals surface area (Å²) in [6, 6.07) is 12.6. The summed E-state index contributed by atoms with van der Waals surface area (Å²) in [5, 5.41) is 18.8. The Labute approximate surface area is 120 Å². The Bertz CT molecular complexity index is 763. The van der Waals surface area contributed by atoms with E-state index < -0.39 is 0 Å². The predicted molar refractivity (Wildman–Crippen MR) is 75.8 cm³/mol. The smallest absolute Gasteiger partial charge is 0.146 e. The Hall–Kier alpha value is -2.60. The molecule has 1 unspecified atom stereocenters. The highest BCUT2D eigenvalue weighted by Gasteiger charge is 2.23. The molecule has 106 valence electrons. The van der Waals surface area contributed by atoms with Crippen LogP contribution in [-0.2, 0) is 4.74 Å². The van der Waals surface area contributed by atoms with Crippen molar-refractivity contribution in [3.63, 3.8) is 0 Å². The highest BCUT2D eigenvalue weighted by molar-refractivity contribution is 5.73. The summed E-state index contributed by atoms with van der Waals surface area (Å²) in [5.41, 5.74) is 2.08. The van der Waals surface area contributed by atoms with Crippen LogP contribution in [0.15, 0.2) is 42.5 Å². The Morgan fingerprint density at radius 2 is 1.90 bits per heavy atom. The Balaban J connectivity index is 1.64. The maximum atomic E-state index is 10.1. The van der Waals surface area contributed by atoms with E-state index in [0.29, 0.717) is 18.0 Å². The van der Waals surface area contributed by atoms with E-state index in [4.69, 9.17) is 9.47 Å². The van der Waals surface area contributed by atoms with E-state index in [0.717, 1.165) is 17.6 Å². The monoisotopic (exact) mass is 283 g/mol. The predicted octanol–water partition coefficient (Wildman–Crippen LogP) is 1.90. The van der Waals surface area contributed by atoms with Crippen molar-refractivity contribution in [3.05, 3.63) is 42.5 Å². The average Bonchev–Trinajstić information content (AvgIpc) is 3.22. The van der Waals surface area contributed by atoms with E-state index in [1.807, 2.05) is 24.3 Å². The number of hydrogen-bond donors (Lipinski definition) is 1. The molecule has 1 fully saturated rings. The van der Waals surface area contributed by atoms with E-state index >= 15 is 0 Å². The Kier molecular flexibility index (Phi) is 2.75. The molecule has 0 aliphatic carbocycles. The fourth-order valence-corrected chi connectivity index (χ4v) is 2.08. The molecule has 21 heavy (non-hydrogen) atoms. The molecule has 1 aliphatic heterocycles. The molecule has 1 N–H and O–H groups in total. The molecular formula is C15H13N3O3. The van der Waals surface area contributed by atoms with Gasteiger partial charge in [0.1, 0.15) is 40.9 Å². The molecule has 0 bridgehead atoms. The zero-order valence-corrected chi connectivity index (χ0v) is 11.1. The minimum absolute atomic E-state index is 0.0736. The first-order chi connectivity index (χ1) is 10.3. The van der Waals surface area contributed by atoms with Crippen LogP contribution in [0, 0.1) is 0 Å².